The monoisotopic (exact) mass is 556 g/mol. The number of carbonyl (C=O) groups excluding carboxylic acids is 1. The van der Waals surface area contributed by atoms with Crippen molar-refractivity contribution in [3.63, 3.8) is 0 Å². The summed E-state index contributed by atoms with van der Waals surface area (Å²) in [6, 6.07) is 7.59. The Bertz CT molecular complexity index is 1400. The number of hydrogen-bond donors (Lipinski definition) is 2. The number of aromatic amines is 1. The molecule has 0 radical (unpaired) electrons. The molecule has 5 rings (SSSR count). The fraction of sp³-hybridized carbons (Fsp3) is 0.379. The van der Waals surface area contributed by atoms with Crippen molar-refractivity contribution in [1.82, 2.24) is 19.7 Å². The van der Waals surface area contributed by atoms with Crippen LogP contribution >= 0.6 is 0 Å². The van der Waals surface area contributed by atoms with Gasteiger partial charge in [-0.15, -0.1) is 0 Å². The zero-order valence-electron chi connectivity index (χ0n) is 22.1. The molecule has 1 amide bonds. The minimum Gasteiger partial charge on any atom is -0.495 e. The lowest BCUT2D eigenvalue weighted by molar-refractivity contribution is -0.154. The fourth-order valence-electron chi connectivity index (χ4n) is 5.79. The second-order valence-corrected chi connectivity index (χ2v) is 10.1. The lowest BCUT2D eigenvalue weighted by Gasteiger charge is -2.43. The molecule has 0 saturated carbocycles. The number of likely N-dealkylation sites (tertiary alicyclic amines) is 1. The van der Waals surface area contributed by atoms with Crippen LogP contribution in [0.4, 0.5) is 13.2 Å². The van der Waals surface area contributed by atoms with Gasteiger partial charge < -0.3 is 19.7 Å². The number of aromatic nitrogens is 1. The highest BCUT2D eigenvalue weighted by Gasteiger charge is 2.36. The summed E-state index contributed by atoms with van der Waals surface area (Å²) in [6.07, 6.45) is 5.29. The van der Waals surface area contributed by atoms with Crippen molar-refractivity contribution in [1.29, 1.82) is 0 Å². The first-order valence-electron chi connectivity index (χ1n) is 13.2. The molecular formula is C29H31F3N4O4. The van der Waals surface area contributed by atoms with Gasteiger partial charge in [0.25, 0.3) is 0 Å². The Hall–Kier alpha value is -3.83. The highest BCUT2D eigenvalue weighted by molar-refractivity contribution is 5.92. The number of amides is 1. The van der Waals surface area contributed by atoms with E-state index in [9.17, 15) is 27.9 Å². The number of ether oxygens (including phenoxy) is 1. The number of hydrogen-bond acceptors (Lipinski definition) is 5. The normalized spacial score (nSPS) is 18.4. The molecule has 2 fully saturated rings. The van der Waals surface area contributed by atoms with Crippen molar-refractivity contribution in [2.75, 3.05) is 46.4 Å². The van der Waals surface area contributed by atoms with Gasteiger partial charge in [-0.3, -0.25) is 14.6 Å². The number of nitrogens with zero attached hydrogens (tertiary/aromatic N) is 3. The summed E-state index contributed by atoms with van der Waals surface area (Å²) in [6.45, 7) is 2.63. The van der Waals surface area contributed by atoms with E-state index in [2.05, 4.69) is 11.1 Å². The van der Waals surface area contributed by atoms with Crippen LogP contribution < -0.4 is 4.74 Å². The number of halogens is 3. The average Bonchev–Trinajstić information content (AvgIpc) is 3.40. The van der Waals surface area contributed by atoms with Crippen molar-refractivity contribution in [2.24, 2.45) is 0 Å². The molecule has 2 N–H and O–H groups in total. The molecule has 0 bridgehead atoms. The quantitative estimate of drug-likeness (QED) is 0.337. The number of carboxylic acid groups (broad SMARTS) is 1. The third-order valence-corrected chi connectivity index (χ3v) is 7.86. The van der Waals surface area contributed by atoms with Crippen LogP contribution in [0.3, 0.4) is 0 Å². The first-order chi connectivity index (χ1) is 19.3. The topological polar surface area (TPSA) is 89.1 Å². The highest BCUT2D eigenvalue weighted by Crippen LogP contribution is 2.36. The lowest BCUT2D eigenvalue weighted by atomic mass is 9.89. The number of carbonyl (C=O) groups is 2. The van der Waals surface area contributed by atoms with E-state index in [0.717, 1.165) is 41.6 Å². The molecule has 3 aromatic rings. The Morgan fingerprint density at radius 2 is 1.68 bits per heavy atom. The summed E-state index contributed by atoms with van der Waals surface area (Å²) < 4.78 is 45.5. The molecule has 2 saturated heterocycles. The van der Waals surface area contributed by atoms with Gasteiger partial charge in [0.05, 0.1) is 12.6 Å². The smallest absolute Gasteiger partial charge is 0.336 e. The number of rotatable bonds is 7. The number of piperidine rings is 1. The van der Waals surface area contributed by atoms with Gasteiger partial charge >= 0.3 is 5.97 Å². The van der Waals surface area contributed by atoms with E-state index in [0.29, 0.717) is 45.2 Å². The van der Waals surface area contributed by atoms with Gasteiger partial charge in [0.15, 0.2) is 23.6 Å². The van der Waals surface area contributed by atoms with Crippen molar-refractivity contribution < 1.29 is 32.6 Å². The van der Waals surface area contributed by atoms with Gasteiger partial charge in [-0.05, 0) is 54.2 Å². The Labute approximate surface area is 229 Å². The summed E-state index contributed by atoms with van der Waals surface area (Å²) in [4.78, 5) is 33.7. The maximum absolute atomic E-state index is 13.4. The minimum absolute atomic E-state index is 0.0319. The van der Waals surface area contributed by atoms with Crippen molar-refractivity contribution in [3.05, 3.63) is 71.2 Å². The van der Waals surface area contributed by atoms with Crippen LogP contribution in [0.2, 0.25) is 0 Å². The molecule has 1 aromatic heterocycles. The van der Waals surface area contributed by atoms with E-state index in [4.69, 9.17) is 4.74 Å². The molecule has 2 aromatic carbocycles. The van der Waals surface area contributed by atoms with E-state index >= 15 is 0 Å². The van der Waals surface area contributed by atoms with Gasteiger partial charge in [-0.1, -0.05) is 12.1 Å². The largest absolute Gasteiger partial charge is 0.495 e. The van der Waals surface area contributed by atoms with Gasteiger partial charge in [0, 0.05) is 56.9 Å². The summed E-state index contributed by atoms with van der Waals surface area (Å²) in [5.41, 5.74) is 2.21. The second-order valence-electron chi connectivity index (χ2n) is 10.1. The molecule has 2 aliphatic heterocycles. The maximum atomic E-state index is 13.4. The first-order valence-corrected chi connectivity index (χ1v) is 13.2. The van der Waals surface area contributed by atoms with Crippen molar-refractivity contribution in [3.8, 4) is 5.75 Å². The molecule has 1 atom stereocenters. The van der Waals surface area contributed by atoms with E-state index in [1.807, 2.05) is 28.1 Å². The summed E-state index contributed by atoms with van der Waals surface area (Å²) in [5.74, 6) is -4.41. The molecule has 3 heterocycles. The molecule has 8 nitrogen and oxygen atoms in total. The molecule has 0 aliphatic carbocycles. The van der Waals surface area contributed by atoms with Crippen LogP contribution in [0, 0.1) is 17.5 Å². The molecule has 212 valence electrons. The lowest BCUT2D eigenvalue weighted by Crippen LogP contribution is -2.60. The fourth-order valence-corrected chi connectivity index (χ4v) is 5.79. The van der Waals surface area contributed by atoms with Gasteiger partial charge in [-0.2, -0.15) is 0 Å². The number of fused-ring (bicyclic) bond motifs is 1. The summed E-state index contributed by atoms with van der Waals surface area (Å²) in [5, 5.41) is 11.2. The number of H-pyrrole nitrogens is 1. The van der Waals surface area contributed by atoms with Crippen LogP contribution in [0.1, 0.15) is 29.9 Å². The van der Waals surface area contributed by atoms with E-state index < -0.39 is 29.6 Å². The van der Waals surface area contributed by atoms with Crippen LogP contribution in [-0.2, 0) is 9.59 Å². The van der Waals surface area contributed by atoms with Crippen LogP contribution in [0.15, 0.2) is 42.6 Å². The number of para-hydroxylation sites is 1. The highest BCUT2D eigenvalue weighted by atomic mass is 19.2. The Morgan fingerprint density at radius 3 is 2.30 bits per heavy atom. The summed E-state index contributed by atoms with van der Waals surface area (Å²) in [7, 11) is 1.64. The van der Waals surface area contributed by atoms with Crippen molar-refractivity contribution >= 4 is 28.9 Å². The molecule has 11 heteroatoms. The Morgan fingerprint density at radius 1 is 1.02 bits per heavy atom. The molecule has 40 heavy (non-hydrogen) atoms. The van der Waals surface area contributed by atoms with E-state index in [-0.39, 0.29) is 11.5 Å². The summed E-state index contributed by atoms with van der Waals surface area (Å²) >= 11 is 0. The van der Waals surface area contributed by atoms with Gasteiger partial charge in [-0.25, -0.2) is 18.0 Å². The number of carboxylic acids is 1. The minimum atomic E-state index is -1.56. The van der Waals surface area contributed by atoms with Gasteiger partial charge in [0.2, 0.25) is 5.91 Å². The second kappa shape index (κ2) is 11.7. The predicted octanol–water partition coefficient (Wildman–Crippen LogP) is 4.04. The molecule has 1 unspecified atom stereocenters. The molecule has 2 aliphatic rings. The van der Waals surface area contributed by atoms with Crippen LogP contribution in [0.5, 0.6) is 5.75 Å². The molecular weight excluding hydrogens is 525 g/mol. The molecule has 0 spiro atoms. The zero-order chi connectivity index (χ0) is 28.4. The SMILES string of the molecule is COc1cccc2c(C3CCN(C(C(=O)O)N4CCN(C(=O)C=Cc5cc(F)c(F)c(F)c5)CC4)CC3)c[nH]c12. The van der Waals surface area contributed by atoms with Crippen LogP contribution in [0.25, 0.3) is 17.0 Å². The third-order valence-electron chi connectivity index (χ3n) is 7.86. The van der Waals surface area contributed by atoms with Crippen molar-refractivity contribution in [2.45, 2.75) is 24.9 Å². The number of nitrogens with one attached hydrogen (secondary N) is 1. The van der Waals surface area contributed by atoms with E-state index in [1.54, 1.807) is 12.0 Å². The first kappa shape index (κ1) is 27.7. The standard InChI is InChI=1S/C29H31F3N4O4/c1-40-24-4-2-3-20-21(17-33-27(20)24)19-7-9-35(10-8-19)28(29(38)39)36-13-11-34(12-14-36)25(37)6-5-18-15-22(30)26(32)23(31)16-18/h2-6,15-17,19,28,33H,7-14H2,1H3,(H,38,39). The van der Waals surface area contributed by atoms with Crippen LogP contribution in [-0.4, -0.2) is 89.2 Å². The number of methoxy groups -OCH3 is 1. The zero-order valence-corrected chi connectivity index (χ0v) is 22.1. The maximum Gasteiger partial charge on any atom is 0.336 e. The Kier molecular flexibility index (Phi) is 8.13. The number of aliphatic carboxylic acids is 1. The Balaban J connectivity index is 1.18. The predicted molar refractivity (Wildman–Crippen MR) is 143 cm³/mol. The average molecular weight is 557 g/mol. The van der Waals surface area contributed by atoms with E-state index in [1.165, 1.54) is 17.7 Å². The third kappa shape index (κ3) is 5.57. The number of benzene rings is 2. The van der Waals surface area contributed by atoms with Gasteiger partial charge in [0.1, 0.15) is 5.75 Å². The number of piperazine rings is 1.